The van der Waals surface area contributed by atoms with Gasteiger partial charge in [0.25, 0.3) is 5.91 Å². The Morgan fingerprint density at radius 1 is 1.26 bits per heavy atom. The Hall–Kier alpha value is -3.36. The normalized spacial score (nSPS) is 14.0. The highest BCUT2D eigenvalue weighted by Crippen LogP contribution is 2.33. The number of amides is 1. The highest BCUT2D eigenvalue weighted by molar-refractivity contribution is 5.78. The van der Waals surface area contributed by atoms with E-state index in [1.807, 2.05) is 25.1 Å². The number of rotatable bonds is 5. The van der Waals surface area contributed by atoms with Crippen molar-refractivity contribution in [1.82, 2.24) is 24.7 Å². The lowest BCUT2D eigenvalue weighted by molar-refractivity contribution is -0.134. The molecule has 2 aromatic heterocycles. The third kappa shape index (κ3) is 3.48. The van der Waals surface area contributed by atoms with Crippen molar-refractivity contribution in [3.63, 3.8) is 0 Å². The standard InChI is InChI=1S/C18H19N5O4/c1-12(13-3-4-14-15(9-13)26-8-7-25-14)22(2)18(24)10-27-17-6-5-16-20-19-11-23(16)21-17/h3-6,9,11-12H,7-8,10H2,1-2H3/t12-/m0/s1. The fraction of sp³-hybridized carbons (Fsp3) is 0.333. The molecule has 0 bridgehead atoms. The molecule has 140 valence electrons. The molecule has 0 radical (unpaired) electrons. The van der Waals surface area contributed by atoms with E-state index < -0.39 is 0 Å². The average Bonchev–Trinajstić information content (AvgIpc) is 3.18. The lowest BCUT2D eigenvalue weighted by Gasteiger charge is -2.27. The number of hydrogen-bond donors (Lipinski definition) is 0. The number of benzene rings is 1. The van der Waals surface area contributed by atoms with Crippen molar-refractivity contribution in [1.29, 1.82) is 0 Å². The maximum absolute atomic E-state index is 12.5. The maximum atomic E-state index is 12.5. The van der Waals surface area contributed by atoms with Crippen LogP contribution in [-0.4, -0.2) is 57.5 Å². The summed E-state index contributed by atoms with van der Waals surface area (Å²) in [5, 5.41) is 11.8. The number of hydrogen-bond acceptors (Lipinski definition) is 7. The molecule has 0 spiro atoms. The lowest BCUT2D eigenvalue weighted by atomic mass is 10.1. The second-order valence-corrected chi connectivity index (χ2v) is 6.18. The fourth-order valence-electron chi connectivity index (χ4n) is 2.78. The number of aromatic nitrogens is 4. The summed E-state index contributed by atoms with van der Waals surface area (Å²) in [4.78, 5) is 14.1. The molecule has 0 N–H and O–H groups in total. The van der Waals surface area contributed by atoms with Gasteiger partial charge in [0.1, 0.15) is 19.5 Å². The van der Waals surface area contributed by atoms with Crippen molar-refractivity contribution in [2.24, 2.45) is 0 Å². The molecule has 4 rings (SSSR count). The molecule has 1 atom stereocenters. The first-order chi connectivity index (χ1) is 13.1. The molecule has 0 saturated carbocycles. The predicted octanol–water partition coefficient (Wildman–Crippen LogP) is 1.49. The van der Waals surface area contributed by atoms with Crippen LogP contribution < -0.4 is 14.2 Å². The van der Waals surface area contributed by atoms with E-state index in [4.69, 9.17) is 14.2 Å². The number of carbonyl (C=O) groups excluding carboxylic acids is 1. The lowest BCUT2D eigenvalue weighted by Crippen LogP contribution is -2.33. The fourth-order valence-corrected chi connectivity index (χ4v) is 2.78. The van der Waals surface area contributed by atoms with Crippen molar-refractivity contribution in [2.45, 2.75) is 13.0 Å². The average molecular weight is 369 g/mol. The topological polar surface area (TPSA) is 91.1 Å². The largest absolute Gasteiger partial charge is 0.486 e. The number of fused-ring (bicyclic) bond motifs is 2. The van der Waals surface area contributed by atoms with Gasteiger partial charge in [-0.1, -0.05) is 6.07 Å². The third-order valence-electron chi connectivity index (χ3n) is 4.50. The summed E-state index contributed by atoms with van der Waals surface area (Å²) < 4.78 is 18.2. The molecule has 27 heavy (non-hydrogen) atoms. The van der Waals surface area contributed by atoms with Crippen molar-refractivity contribution in [3.8, 4) is 17.4 Å². The Balaban J connectivity index is 1.40. The molecule has 0 saturated heterocycles. The highest BCUT2D eigenvalue weighted by atomic mass is 16.6. The first-order valence-electron chi connectivity index (χ1n) is 8.57. The quantitative estimate of drug-likeness (QED) is 0.673. The second kappa shape index (κ2) is 7.10. The number of carbonyl (C=O) groups is 1. The molecule has 1 amide bonds. The van der Waals surface area contributed by atoms with Crippen molar-refractivity contribution < 1.29 is 19.0 Å². The second-order valence-electron chi connectivity index (χ2n) is 6.18. The monoisotopic (exact) mass is 369 g/mol. The van der Waals surface area contributed by atoms with E-state index in [0.717, 1.165) is 11.3 Å². The Morgan fingerprint density at radius 3 is 2.93 bits per heavy atom. The first-order valence-corrected chi connectivity index (χ1v) is 8.57. The van der Waals surface area contributed by atoms with Crippen LogP contribution in [-0.2, 0) is 4.79 Å². The van der Waals surface area contributed by atoms with Gasteiger partial charge in [0, 0.05) is 13.1 Å². The van der Waals surface area contributed by atoms with Gasteiger partial charge in [-0.3, -0.25) is 4.79 Å². The molecular weight excluding hydrogens is 350 g/mol. The Labute approximate surface area is 155 Å². The van der Waals surface area contributed by atoms with Gasteiger partial charge in [0.15, 0.2) is 23.8 Å². The van der Waals surface area contributed by atoms with Crippen LogP contribution in [0.25, 0.3) is 5.65 Å². The van der Waals surface area contributed by atoms with Gasteiger partial charge in [-0.15, -0.1) is 15.3 Å². The van der Waals surface area contributed by atoms with E-state index in [-0.39, 0.29) is 18.6 Å². The Morgan fingerprint density at radius 2 is 2.07 bits per heavy atom. The summed E-state index contributed by atoms with van der Waals surface area (Å²) in [6, 6.07) is 8.94. The van der Waals surface area contributed by atoms with Gasteiger partial charge in [-0.25, -0.2) is 0 Å². The van der Waals surface area contributed by atoms with Gasteiger partial charge < -0.3 is 19.1 Å². The van der Waals surface area contributed by atoms with Crippen LogP contribution in [0, 0.1) is 0 Å². The molecule has 3 aromatic rings. The molecule has 3 heterocycles. The highest BCUT2D eigenvalue weighted by Gasteiger charge is 2.21. The van der Waals surface area contributed by atoms with Crippen LogP contribution in [0.5, 0.6) is 17.4 Å². The third-order valence-corrected chi connectivity index (χ3v) is 4.50. The Kier molecular flexibility index (Phi) is 4.49. The van der Waals surface area contributed by atoms with Crippen LogP contribution in [0.3, 0.4) is 0 Å². The minimum atomic E-state index is -0.164. The minimum absolute atomic E-state index is 0.119. The summed E-state index contributed by atoms with van der Waals surface area (Å²) in [5.41, 5.74) is 1.57. The van der Waals surface area contributed by atoms with Crippen LogP contribution in [0.1, 0.15) is 18.5 Å². The van der Waals surface area contributed by atoms with Gasteiger partial charge >= 0.3 is 0 Å². The molecule has 9 heteroatoms. The van der Waals surface area contributed by atoms with Crippen molar-refractivity contribution in [3.05, 3.63) is 42.2 Å². The van der Waals surface area contributed by atoms with E-state index in [2.05, 4.69) is 15.3 Å². The number of likely N-dealkylation sites (N-methyl/N-ethyl adjacent to an activating group) is 1. The minimum Gasteiger partial charge on any atom is -0.486 e. The zero-order chi connectivity index (χ0) is 18.8. The molecule has 9 nitrogen and oxygen atoms in total. The molecule has 0 unspecified atom stereocenters. The van der Waals surface area contributed by atoms with Gasteiger partial charge in [0.05, 0.1) is 6.04 Å². The molecule has 0 aliphatic carbocycles. The summed E-state index contributed by atoms with van der Waals surface area (Å²) in [6.07, 6.45) is 1.47. The first kappa shape index (κ1) is 17.1. The maximum Gasteiger partial charge on any atom is 0.260 e. The van der Waals surface area contributed by atoms with E-state index in [1.54, 1.807) is 24.1 Å². The smallest absolute Gasteiger partial charge is 0.260 e. The summed E-state index contributed by atoms with van der Waals surface area (Å²) >= 11 is 0. The van der Waals surface area contributed by atoms with Gasteiger partial charge in [-0.2, -0.15) is 4.52 Å². The number of ether oxygens (including phenoxy) is 3. The number of nitrogens with zero attached hydrogens (tertiary/aromatic N) is 5. The molecule has 0 fully saturated rings. The summed E-state index contributed by atoms with van der Waals surface area (Å²) in [7, 11) is 1.74. The zero-order valence-electron chi connectivity index (χ0n) is 15.0. The zero-order valence-corrected chi connectivity index (χ0v) is 15.0. The van der Waals surface area contributed by atoms with Crippen molar-refractivity contribution in [2.75, 3.05) is 26.9 Å². The van der Waals surface area contributed by atoms with Crippen LogP contribution in [0.15, 0.2) is 36.7 Å². The summed E-state index contributed by atoms with van der Waals surface area (Å²) in [5.74, 6) is 1.60. The summed E-state index contributed by atoms with van der Waals surface area (Å²) in [6.45, 7) is 2.90. The van der Waals surface area contributed by atoms with Crippen LogP contribution >= 0.6 is 0 Å². The van der Waals surface area contributed by atoms with Gasteiger partial charge in [-0.05, 0) is 30.7 Å². The molecular formula is C18H19N5O4. The Bertz CT molecular complexity index is 973. The van der Waals surface area contributed by atoms with Gasteiger partial charge in [0.2, 0.25) is 5.88 Å². The SMILES string of the molecule is C[C@@H](c1ccc2c(c1)OCCO2)N(C)C(=O)COc1ccc2nncn2n1. The van der Waals surface area contributed by atoms with Crippen LogP contribution in [0.2, 0.25) is 0 Å². The molecule has 1 aromatic carbocycles. The van der Waals surface area contributed by atoms with E-state index >= 15 is 0 Å². The van der Waals surface area contributed by atoms with E-state index in [1.165, 1.54) is 10.8 Å². The van der Waals surface area contributed by atoms with Crippen LogP contribution in [0.4, 0.5) is 0 Å². The van der Waals surface area contributed by atoms with E-state index in [0.29, 0.717) is 30.5 Å². The predicted molar refractivity (Wildman–Crippen MR) is 94.9 cm³/mol. The molecule has 1 aliphatic heterocycles. The molecule has 1 aliphatic rings. The van der Waals surface area contributed by atoms with E-state index in [9.17, 15) is 4.79 Å². The van der Waals surface area contributed by atoms with Crippen molar-refractivity contribution >= 4 is 11.6 Å².